The van der Waals surface area contributed by atoms with Crippen LogP contribution in [-0.2, 0) is 4.79 Å². The molecule has 1 fully saturated rings. The molecule has 7 nitrogen and oxygen atoms in total. The highest BCUT2D eigenvalue weighted by molar-refractivity contribution is 5.81. The first-order valence-corrected chi connectivity index (χ1v) is 8.04. The molecule has 1 atom stereocenters. The molecule has 0 radical (unpaired) electrons. The van der Waals surface area contributed by atoms with Crippen molar-refractivity contribution in [2.45, 2.75) is 39.2 Å². The van der Waals surface area contributed by atoms with Gasteiger partial charge in [0.1, 0.15) is 0 Å². The second-order valence-corrected chi connectivity index (χ2v) is 5.97. The normalized spacial score (nSPS) is 18.0. The molecule has 1 aromatic carbocycles. The fourth-order valence-electron chi connectivity index (χ4n) is 2.97. The SMILES string of the molecule is Cc1nnnn1-c1cccc(NCC(=O)N2CCCC[C@H]2C)c1. The van der Waals surface area contributed by atoms with Gasteiger partial charge in [0.05, 0.1) is 12.2 Å². The smallest absolute Gasteiger partial charge is 0.242 e. The third-order valence-electron chi connectivity index (χ3n) is 4.28. The molecular weight excluding hydrogens is 292 g/mol. The van der Waals surface area contributed by atoms with Crippen LogP contribution in [0.1, 0.15) is 32.0 Å². The summed E-state index contributed by atoms with van der Waals surface area (Å²) in [5, 5.41) is 14.7. The van der Waals surface area contributed by atoms with Crippen LogP contribution >= 0.6 is 0 Å². The molecule has 0 aliphatic carbocycles. The second kappa shape index (κ2) is 6.76. The van der Waals surface area contributed by atoms with E-state index in [0.29, 0.717) is 12.6 Å². The Balaban J connectivity index is 1.64. The number of aromatic nitrogens is 4. The van der Waals surface area contributed by atoms with Crippen LogP contribution in [0.5, 0.6) is 0 Å². The van der Waals surface area contributed by atoms with Crippen molar-refractivity contribution in [3.8, 4) is 5.69 Å². The number of hydrogen-bond donors (Lipinski definition) is 1. The van der Waals surface area contributed by atoms with Crippen molar-refractivity contribution in [3.63, 3.8) is 0 Å². The Kier molecular flexibility index (Phi) is 4.55. The number of carbonyl (C=O) groups is 1. The van der Waals surface area contributed by atoms with Crippen LogP contribution in [0, 0.1) is 6.92 Å². The summed E-state index contributed by atoms with van der Waals surface area (Å²) in [5.41, 5.74) is 1.76. The number of piperidine rings is 1. The van der Waals surface area contributed by atoms with Crippen LogP contribution in [0.3, 0.4) is 0 Å². The second-order valence-electron chi connectivity index (χ2n) is 5.97. The van der Waals surface area contributed by atoms with Crippen molar-refractivity contribution in [2.24, 2.45) is 0 Å². The molecule has 0 saturated carbocycles. The quantitative estimate of drug-likeness (QED) is 0.931. The molecule has 1 aliphatic rings. The number of tetrazole rings is 1. The molecule has 0 bridgehead atoms. The molecule has 3 rings (SSSR count). The van der Waals surface area contributed by atoms with Crippen LogP contribution in [0.25, 0.3) is 5.69 Å². The Labute approximate surface area is 135 Å². The van der Waals surface area contributed by atoms with Crippen LogP contribution in [-0.4, -0.2) is 50.1 Å². The Bertz CT molecular complexity index is 683. The van der Waals surface area contributed by atoms with Gasteiger partial charge in [-0.3, -0.25) is 4.79 Å². The Morgan fingerprint density at radius 1 is 1.39 bits per heavy atom. The van der Waals surface area contributed by atoms with Crippen molar-refractivity contribution in [3.05, 3.63) is 30.1 Å². The lowest BCUT2D eigenvalue weighted by Crippen LogP contribution is -2.44. The number of aryl methyl sites for hydroxylation is 1. The molecule has 1 aromatic heterocycles. The largest absolute Gasteiger partial charge is 0.376 e. The molecule has 1 N–H and O–H groups in total. The highest BCUT2D eigenvalue weighted by atomic mass is 16.2. The van der Waals surface area contributed by atoms with E-state index in [9.17, 15) is 4.79 Å². The number of nitrogens with one attached hydrogen (secondary N) is 1. The summed E-state index contributed by atoms with van der Waals surface area (Å²) in [4.78, 5) is 14.4. The first-order chi connectivity index (χ1) is 11.1. The lowest BCUT2D eigenvalue weighted by Gasteiger charge is -2.33. The van der Waals surface area contributed by atoms with E-state index in [1.165, 1.54) is 6.42 Å². The first-order valence-electron chi connectivity index (χ1n) is 8.04. The van der Waals surface area contributed by atoms with Gasteiger partial charge in [0.2, 0.25) is 5.91 Å². The predicted octanol–water partition coefficient (Wildman–Crippen LogP) is 1.78. The number of nitrogens with zero attached hydrogens (tertiary/aromatic N) is 5. The lowest BCUT2D eigenvalue weighted by molar-refractivity contribution is -0.132. The van der Waals surface area contributed by atoms with Gasteiger partial charge in [0.15, 0.2) is 5.82 Å². The minimum absolute atomic E-state index is 0.154. The van der Waals surface area contributed by atoms with E-state index in [1.54, 1.807) is 4.68 Å². The van der Waals surface area contributed by atoms with Crippen molar-refractivity contribution in [1.29, 1.82) is 0 Å². The Morgan fingerprint density at radius 3 is 3.00 bits per heavy atom. The molecule has 2 aromatic rings. The van der Waals surface area contributed by atoms with Crippen molar-refractivity contribution in [1.82, 2.24) is 25.1 Å². The van der Waals surface area contributed by atoms with Crippen LogP contribution in [0.4, 0.5) is 5.69 Å². The molecular formula is C16H22N6O. The topological polar surface area (TPSA) is 75.9 Å². The minimum atomic E-state index is 0.154. The summed E-state index contributed by atoms with van der Waals surface area (Å²) < 4.78 is 1.67. The van der Waals surface area contributed by atoms with E-state index in [2.05, 4.69) is 27.8 Å². The standard InChI is InChI=1S/C16H22N6O/c1-12-6-3-4-9-21(12)16(23)11-17-14-7-5-8-15(10-14)22-13(2)18-19-20-22/h5,7-8,10,12,17H,3-4,6,9,11H2,1-2H3/t12-/m1/s1. The van der Waals surface area contributed by atoms with E-state index >= 15 is 0 Å². The fraction of sp³-hybridized carbons (Fsp3) is 0.500. The summed E-state index contributed by atoms with van der Waals surface area (Å²) >= 11 is 0. The molecule has 0 unspecified atom stereocenters. The van der Waals surface area contributed by atoms with Crippen LogP contribution in [0.15, 0.2) is 24.3 Å². The zero-order valence-corrected chi connectivity index (χ0v) is 13.6. The van der Waals surface area contributed by atoms with Crippen molar-refractivity contribution >= 4 is 11.6 Å². The van der Waals surface area contributed by atoms with E-state index in [4.69, 9.17) is 0 Å². The lowest BCUT2D eigenvalue weighted by atomic mass is 10.0. The summed E-state index contributed by atoms with van der Waals surface area (Å²) in [6.45, 7) is 5.15. The van der Waals surface area contributed by atoms with Gasteiger partial charge < -0.3 is 10.2 Å². The number of likely N-dealkylation sites (tertiary alicyclic amines) is 1. The zero-order chi connectivity index (χ0) is 16.2. The average molecular weight is 314 g/mol. The number of amides is 1. The summed E-state index contributed by atoms with van der Waals surface area (Å²) in [6, 6.07) is 8.08. The van der Waals surface area contributed by atoms with E-state index < -0.39 is 0 Å². The highest BCUT2D eigenvalue weighted by Crippen LogP contribution is 2.17. The molecule has 1 aliphatic heterocycles. The van der Waals surface area contributed by atoms with Gasteiger partial charge in [-0.25, -0.2) is 0 Å². The third kappa shape index (κ3) is 3.49. The molecule has 7 heteroatoms. The zero-order valence-electron chi connectivity index (χ0n) is 13.6. The third-order valence-corrected chi connectivity index (χ3v) is 4.28. The maximum Gasteiger partial charge on any atom is 0.242 e. The summed E-state index contributed by atoms with van der Waals surface area (Å²) in [6.07, 6.45) is 3.41. The summed E-state index contributed by atoms with van der Waals surface area (Å²) in [5.74, 6) is 0.876. The average Bonchev–Trinajstić information content (AvgIpc) is 2.99. The van der Waals surface area contributed by atoms with Crippen molar-refractivity contribution in [2.75, 3.05) is 18.4 Å². The Hall–Kier alpha value is -2.44. The van der Waals surface area contributed by atoms with Gasteiger partial charge in [-0.2, -0.15) is 4.68 Å². The molecule has 2 heterocycles. The van der Waals surface area contributed by atoms with Crippen LogP contribution < -0.4 is 5.32 Å². The number of hydrogen-bond acceptors (Lipinski definition) is 5. The molecule has 1 amide bonds. The molecule has 1 saturated heterocycles. The van der Waals surface area contributed by atoms with Gasteiger partial charge in [0, 0.05) is 18.3 Å². The maximum absolute atomic E-state index is 12.4. The number of rotatable bonds is 4. The number of carbonyl (C=O) groups excluding carboxylic acids is 1. The predicted molar refractivity (Wildman–Crippen MR) is 87.4 cm³/mol. The van der Waals surface area contributed by atoms with Gasteiger partial charge in [-0.1, -0.05) is 6.07 Å². The number of benzene rings is 1. The van der Waals surface area contributed by atoms with E-state index in [0.717, 1.165) is 36.6 Å². The fourth-order valence-corrected chi connectivity index (χ4v) is 2.97. The number of anilines is 1. The van der Waals surface area contributed by atoms with Gasteiger partial charge in [0.25, 0.3) is 0 Å². The van der Waals surface area contributed by atoms with E-state index in [-0.39, 0.29) is 5.91 Å². The molecule has 23 heavy (non-hydrogen) atoms. The Morgan fingerprint density at radius 2 is 2.26 bits per heavy atom. The highest BCUT2D eigenvalue weighted by Gasteiger charge is 2.22. The van der Waals surface area contributed by atoms with E-state index in [1.807, 2.05) is 36.1 Å². The molecule has 0 spiro atoms. The molecule has 122 valence electrons. The van der Waals surface area contributed by atoms with Gasteiger partial charge >= 0.3 is 0 Å². The van der Waals surface area contributed by atoms with Gasteiger partial charge in [-0.05, 0) is 61.7 Å². The van der Waals surface area contributed by atoms with Crippen molar-refractivity contribution < 1.29 is 4.79 Å². The van der Waals surface area contributed by atoms with Gasteiger partial charge in [-0.15, -0.1) is 5.10 Å². The summed E-state index contributed by atoms with van der Waals surface area (Å²) in [7, 11) is 0. The maximum atomic E-state index is 12.4. The first kappa shape index (κ1) is 15.5. The minimum Gasteiger partial charge on any atom is -0.376 e. The van der Waals surface area contributed by atoms with Crippen LogP contribution in [0.2, 0.25) is 0 Å². The monoisotopic (exact) mass is 314 g/mol.